The Balaban J connectivity index is 1.31. The number of aromatic nitrogens is 2. The fraction of sp³-hybridized carbons (Fsp3) is 0.375. The average Bonchev–Trinajstić information content (AvgIpc) is 3.36. The number of imidazole rings is 1. The minimum absolute atomic E-state index is 0.0553. The lowest BCUT2D eigenvalue weighted by molar-refractivity contribution is 0.0365. The molecule has 1 aromatic heterocycles. The molecule has 5 heteroatoms. The number of rotatable bonds is 4. The number of halogens is 1. The Morgan fingerprint density at radius 1 is 0.966 bits per heavy atom. The summed E-state index contributed by atoms with van der Waals surface area (Å²) in [5.41, 5.74) is 2.22. The number of hydrogen-bond acceptors (Lipinski definition) is 3. The van der Waals surface area contributed by atoms with Crippen LogP contribution in [0.4, 0.5) is 4.39 Å². The summed E-state index contributed by atoms with van der Waals surface area (Å²) in [5.74, 6) is 1.82. The molecule has 29 heavy (non-hydrogen) atoms. The highest BCUT2D eigenvalue weighted by Crippen LogP contribution is 2.42. The third-order valence-corrected chi connectivity index (χ3v) is 6.56. The molecule has 1 saturated heterocycles. The van der Waals surface area contributed by atoms with Crippen LogP contribution in [0.25, 0.3) is 11.4 Å². The molecule has 3 aromatic rings. The van der Waals surface area contributed by atoms with Crippen molar-refractivity contribution in [2.45, 2.75) is 31.5 Å². The van der Waals surface area contributed by atoms with E-state index in [0.717, 1.165) is 49.4 Å². The summed E-state index contributed by atoms with van der Waals surface area (Å²) in [6.45, 7) is 2.87. The molecule has 2 heterocycles. The van der Waals surface area contributed by atoms with Crippen molar-refractivity contribution < 1.29 is 9.50 Å². The van der Waals surface area contributed by atoms with Gasteiger partial charge in [-0.2, -0.15) is 0 Å². The van der Waals surface area contributed by atoms with E-state index >= 15 is 0 Å². The summed E-state index contributed by atoms with van der Waals surface area (Å²) in [5, 5.41) is 11.0. The molecule has 1 N–H and O–H groups in total. The Morgan fingerprint density at radius 3 is 2.45 bits per heavy atom. The molecule has 0 bridgehead atoms. The number of aliphatic hydroxyl groups is 1. The molecule has 2 aliphatic rings. The number of benzene rings is 2. The first-order valence-corrected chi connectivity index (χ1v) is 10.4. The Morgan fingerprint density at radius 2 is 1.69 bits per heavy atom. The Hall–Kier alpha value is -2.50. The summed E-state index contributed by atoms with van der Waals surface area (Å²) in [6.07, 6.45) is 5.25. The van der Waals surface area contributed by atoms with Gasteiger partial charge in [0.2, 0.25) is 0 Å². The average molecular weight is 391 g/mol. The van der Waals surface area contributed by atoms with Crippen molar-refractivity contribution in [3.63, 3.8) is 0 Å². The van der Waals surface area contributed by atoms with E-state index in [1.807, 2.05) is 42.7 Å². The highest BCUT2D eigenvalue weighted by molar-refractivity contribution is 5.55. The van der Waals surface area contributed by atoms with Gasteiger partial charge in [-0.05, 0) is 42.4 Å². The van der Waals surface area contributed by atoms with Crippen molar-refractivity contribution in [1.82, 2.24) is 14.5 Å². The van der Waals surface area contributed by atoms with E-state index in [9.17, 15) is 9.50 Å². The molecule has 0 spiro atoms. The molecule has 0 unspecified atom stereocenters. The van der Waals surface area contributed by atoms with Gasteiger partial charge in [0.1, 0.15) is 11.6 Å². The normalized spacial score (nSPS) is 27.1. The van der Waals surface area contributed by atoms with Gasteiger partial charge in [0.05, 0.1) is 12.1 Å². The summed E-state index contributed by atoms with van der Waals surface area (Å²) in [6, 6.07) is 17.0. The summed E-state index contributed by atoms with van der Waals surface area (Å²) in [4.78, 5) is 7.02. The van der Waals surface area contributed by atoms with Crippen LogP contribution in [0.15, 0.2) is 67.0 Å². The predicted molar refractivity (Wildman–Crippen MR) is 111 cm³/mol. The number of fused-ring (bicyclic) bond motifs is 1. The smallest absolute Gasteiger partial charge is 0.140 e. The molecular formula is C24H26FN3O. The van der Waals surface area contributed by atoms with E-state index < -0.39 is 0 Å². The minimum atomic E-state index is -0.362. The fourth-order valence-electron chi connectivity index (χ4n) is 5.17. The SMILES string of the molecule is O[C@H]1C[C@@H]2CN(Cc3ccc(F)cc3)C[C@@H]2C[C@@H]1n1ccnc1-c1ccccc1. The Kier molecular flexibility index (Phi) is 4.94. The standard InChI is InChI=1S/C24H26FN3O/c25-21-8-6-17(7-9-21)14-27-15-19-12-22(23(29)13-20(19)16-27)28-11-10-26-24(28)18-4-2-1-3-5-18/h1-11,19-20,22-23,29H,12-16H2/t19-,20+,22-,23-/m0/s1. The molecule has 4 atom stereocenters. The van der Waals surface area contributed by atoms with Gasteiger partial charge in [-0.15, -0.1) is 0 Å². The van der Waals surface area contributed by atoms with Gasteiger partial charge < -0.3 is 9.67 Å². The molecule has 0 amide bonds. The quantitative estimate of drug-likeness (QED) is 0.727. The largest absolute Gasteiger partial charge is 0.391 e. The van der Waals surface area contributed by atoms with E-state index in [2.05, 4.69) is 26.6 Å². The first-order valence-electron chi connectivity index (χ1n) is 10.4. The summed E-state index contributed by atoms with van der Waals surface area (Å²) >= 11 is 0. The number of likely N-dealkylation sites (tertiary alicyclic amines) is 1. The highest BCUT2D eigenvalue weighted by Gasteiger charge is 2.42. The minimum Gasteiger partial charge on any atom is -0.391 e. The fourth-order valence-corrected chi connectivity index (χ4v) is 5.17. The third-order valence-electron chi connectivity index (χ3n) is 6.56. The van der Waals surface area contributed by atoms with E-state index in [1.54, 1.807) is 0 Å². The number of hydrogen-bond donors (Lipinski definition) is 1. The molecule has 5 rings (SSSR count). The van der Waals surface area contributed by atoms with Crippen LogP contribution in [0.3, 0.4) is 0 Å². The van der Waals surface area contributed by atoms with Crippen LogP contribution in [0.5, 0.6) is 0 Å². The molecule has 1 aliphatic carbocycles. The molecule has 0 radical (unpaired) electrons. The summed E-state index contributed by atoms with van der Waals surface area (Å²) < 4.78 is 15.3. The lowest BCUT2D eigenvalue weighted by Gasteiger charge is -2.36. The van der Waals surface area contributed by atoms with Crippen molar-refractivity contribution in [2.24, 2.45) is 11.8 Å². The van der Waals surface area contributed by atoms with Gasteiger partial charge in [0.15, 0.2) is 0 Å². The van der Waals surface area contributed by atoms with Gasteiger partial charge in [0, 0.05) is 37.6 Å². The van der Waals surface area contributed by atoms with Crippen LogP contribution in [0, 0.1) is 17.7 Å². The van der Waals surface area contributed by atoms with Crippen LogP contribution >= 0.6 is 0 Å². The first-order chi connectivity index (χ1) is 14.2. The van der Waals surface area contributed by atoms with Crippen LogP contribution in [-0.4, -0.2) is 38.8 Å². The van der Waals surface area contributed by atoms with Crippen LogP contribution in [0.1, 0.15) is 24.4 Å². The van der Waals surface area contributed by atoms with Crippen LogP contribution in [-0.2, 0) is 6.54 Å². The number of nitrogens with zero attached hydrogens (tertiary/aromatic N) is 3. The lowest BCUT2D eigenvalue weighted by Crippen LogP contribution is -2.36. The zero-order valence-electron chi connectivity index (χ0n) is 16.4. The molecule has 2 fully saturated rings. The molecule has 150 valence electrons. The molecular weight excluding hydrogens is 365 g/mol. The van der Waals surface area contributed by atoms with Crippen LogP contribution in [0.2, 0.25) is 0 Å². The summed E-state index contributed by atoms with van der Waals surface area (Å²) in [7, 11) is 0. The van der Waals surface area contributed by atoms with E-state index in [1.165, 1.54) is 12.1 Å². The van der Waals surface area contributed by atoms with Crippen molar-refractivity contribution in [3.8, 4) is 11.4 Å². The molecule has 2 aromatic carbocycles. The van der Waals surface area contributed by atoms with E-state index in [0.29, 0.717) is 11.8 Å². The van der Waals surface area contributed by atoms with Crippen molar-refractivity contribution in [3.05, 3.63) is 78.4 Å². The molecule has 1 saturated carbocycles. The zero-order valence-corrected chi connectivity index (χ0v) is 16.4. The van der Waals surface area contributed by atoms with E-state index in [-0.39, 0.29) is 18.0 Å². The molecule has 1 aliphatic heterocycles. The Bertz CT molecular complexity index is 956. The highest BCUT2D eigenvalue weighted by atomic mass is 19.1. The topological polar surface area (TPSA) is 41.3 Å². The lowest BCUT2D eigenvalue weighted by atomic mass is 9.77. The van der Waals surface area contributed by atoms with Gasteiger partial charge in [-0.3, -0.25) is 4.90 Å². The first kappa shape index (κ1) is 18.5. The second-order valence-corrected chi connectivity index (χ2v) is 8.47. The maximum atomic E-state index is 13.2. The van der Waals surface area contributed by atoms with Crippen molar-refractivity contribution in [1.29, 1.82) is 0 Å². The third kappa shape index (κ3) is 3.72. The van der Waals surface area contributed by atoms with Gasteiger partial charge in [-0.25, -0.2) is 9.37 Å². The van der Waals surface area contributed by atoms with Gasteiger partial charge in [0.25, 0.3) is 0 Å². The number of aliphatic hydroxyl groups excluding tert-OH is 1. The van der Waals surface area contributed by atoms with E-state index in [4.69, 9.17) is 0 Å². The van der Waals surface area contributed by atoms with Crippen LogP contribution < -0.4 is 0 Å². The maximum Gasteiger partial charge on any atom is 0.140 e. The van der Waals surface area contributed by atoms with Crippen molar-refractivity contribution in [2.75, 3.05) is 13.1 Å². The monoisotopic (exact) mass is 391 g/mol. The molecule has 4 nitrogen and oxygen atoms in total. The predicted octanol–water partition coefficient (Wildman–Crippen LogP) is 4.13. The second-order valence-electron chi connectivity index (χ2n) is 8.47. The Labute approximate surface area is 170 Å². The zero-order chi connectivity index (χ0) is 19.8. The van der Waals surface area contributed by atoms with Gasteiger partial charge >= 0.3 is 0 Å². The maximum absolute atomic E-state index is 13.2. The van der Waals surface area contributed by atoms with Crippen molar-refractivity contribution >= 4 is 0 Å². The van der Waals surface area contributed by atoms with Gasteiger partial charge in [-0.1, -0.05) is 42.5 Å². The second kappa shape index (κ2) is 7.73.